The van der Waals surface area contributed by atoms with E-state index in [2.05, 4.69) is 4.74 Å². The third-order valence-corrected chi connectivity index (χ3v) is 2.59. The quantitative estimate of drug-likeness (QED) is 0.738. The first-order chi connectivity index (χ1) is 8.15. The Balaban J connectivity index is 2.34. The first-order valence-electron chi connectivity index (χ1n) is 5.05. The van der Waals surface area contributed by atoms with Gasteiger partial charge in [0.05, 0.1) is 7.11 Å². The second-order valence-electron chi connectivity index (χ2n) is 3.62. The highest BCUT2D eigenvalue weighted by atomic mass is 16.6. The van der Waals surface area contributed by atoms with Crippen LogP contribution in [0.2, 0.25) is 0 Å². The van der Waals surface area contributed by atoms with E-state index in [1.54, 1.807) is 24.3 Å². The SMILES string of the molecule is COC(=O)N1CC(=O)N(O)C1c1ccccc1. The van der Waals surface area contributed by atoms with Gasteiger partial charge in [0.15, 0.2) is 6.17 Å². The van der Waals surface area contributed by atoms with E-state index < -0.39 is 18.2 Å². The van der Waals surface area contributed by atoms with Crippen molar-refractivity contribution in [3.05, 3.63) is 35.9 Å². The number of amides is 2. The second kappa shape index (κ2) is 4.42. The van der Waals surface area contributed by atoms with Gasteiger partial charge in [0.2, 0.25) is 0 Å². The summed E-state index contributed by atoms with van der Waals surface area (Å²) >= 11 is 0. The molecule has 17 heavy (non-hydrogen) atoms. The molecule has 0 bridgehead atoms. The Bertz CT molecular complexity index is 434. The Labute approximate surface area is 98.0 Å². The molecule has 1 heterocycles. The van der Waals surface area contributed by atoms with Crippen LogP contribution in [0.5, 0.6) is 0 Å². The van der Waals surface area contributed by atoms with Crippen LogP contribution in [0.25, 0.3) is 0 Å². The number of nitrogens with zero attached hydrogens (tertiary/aromatic N) is 2. The van der Waals surface area contributed by atoms with Crippen molar-refractivity contribution in [2.24, 2.45) is 0 Å². The second-order valence-corrected chi connectivity index (χ2v) is 3.62. The molecule has 1 unspecified atom stereocenters. The molecule has 1 atom stereocenters. The minimum atomic E-state index is -0.823. The number of carbonyl (C=O) groups excluding carboxylic acids is 2. The maximum atomic E-state index is 11.5. The average molecular weight is 236 g/mol. The highest BCUT2D eigenvalue weighted by molar-refractivity contribution is 5.85. The van der Waals surface area contributed by atoms with E-state index >= 15 is 0 Å². The zero-order chi connectivity index (χ0) is 12.4. The van der Waals surface area contributed by atoms with Crippen LogP contribution in [0.1, 0.15) is 11.7 Å². The van der Waals surface area contributed by atoms with Crippen LogP contribution in [-0.4, -0.2) is 40.8 Å². The van der Waals surface area contributed by atoms with Crippen molar-refractivity contribution >= 4 is 12.0 Å². The Morgan fingerprint density at radius 3 is 2.65 bits per heavy atom. The molecule has 6 heteroatoms. The van der Waals surface area contributed by atoms with Gasteiger partial charge in [-0.3, -0.25) is 14.9 Å². The molecule has 1 aliphatic heterocycles. The van der Waals surface area contributed by atoms with Crippen molar-refractivity contribution < 1.29 is 19.5 Å². The maximum absolute atomic E-state index is 11.5. The number of ether oxygens (including phenoxy) is 1. The molecule has 1 aromatic carbocycles. The van der Waals surface area contributed by atoms with Crippen LogP contribution < -0.4 is 0 Å². The topological polar surface area (TPSA) is 70.1 Å². The number of hydrogen-bond acceptors (Lipinski definition) is 4. The van der Waals surface area contributed by atoms with Gasteiger partial charge in [0.25, 0.3) is 5.91 Å². The smallest absolute Gasteiger partial charge is 0.411 e. The van der Waals surface area contributed by atoms with E-state index in [1.165, 1.54) is 7.11 Å². The van der Waals surface area contributed by atoms with Crippen molar-refractivity contribution in [1.29, 1.82) is 0 Å². The van der Waals surface area contributed by atoms with Crippen molar-refractivity contribution in [3.8, 4) is 0 Å². The number of rotatable bonds is 1. The van der Waals surface area contributed by atoms with E-state index in [0.717, 1.165) is 4.90 Å². The standard InChI is InChI=1S/C11H12N2O4/c1-17-11(15)12-7-9(14)13(16)10(12)8-5-3-2-4-6-8/h2-6,10,16H,7H2,1H3. The number of carbonyl (C=O) groups is 2. The summed E-state index contributed by atoms with van der Waals surface area (Å²) in [5, 5.41) is 10.2. The molecule has 90 valence electrons. The highest BCUT2D eigenvalue weighted by Gasteiger charge is 2.41. The Morgan fingerprint density at radius 2 is 2.06 bits per heavy atom. The maximum Gasteiger partial charge on any atom is 0.411 e. The van der Waals surface area contributed by atoms with Gasteiger partial charge in [0, 0.05) is 0 Å². The van der Waals surface area contributed by atoms with Gasteiger partial charge >= 0.3 is 6.09 Å². The Morgan fingerprint density at radius 1 is 1.41 bits per heavy atom. The largest absolute Gasteiger partial charge is 0.453 e. The predicted molar refractivity (Wildman–Crippen MR) is 56.9 cm³/mol. The van der Waals surface area contributed by atoms with Crippen molar-refractivity contribution in [2.45, 2.75) is 6.17 Å². The molecule has 1 aliphatic rings. The molecule has 0 radical (unpaired) electrons. The van der Waals surface area contributed by atoms with Gasteiger partial charge in [-0.1, -0.05) is 30.3 Å². The fourth-order valence-corrected chi connectivity index (χ4v) is 1.80. The molecule has 1 aromatic rings. The van der Waals surface area contributed by atoms with Gasteiger partial charge < -0.3 is 4.74 Å². The van der Waals surface area contributed by atoms with E-state index in [0.29, 0.717) is 10.6 Å². The number of hydrogen-bond donors (Lipinski definition) is 1. The molecule has 0 aliphatic carbocycles. The lowest BCUT2D eigenvalue weighted by atomic mass is 10.1. The van der Waals surface area contributed by atoms with Gasteiger partial charge in [-0.05, 0) is 5.56 Å². The highest BCUT2D eigenvalue weighted by Crippen LogP contribution is 2.29. The Hall–Kier alpha value is -2.08. The molecule has 2 amide bonds. The van der Waals surface area contributed by atoms with E-state index in [9.17, 15) is 14.8 Å². The average Bonchev–Trinajstić information content (AvgIpc) is 2.66. The molecule has 0 aromatic heterocycles. The molecule has 6 nitrogen and oxygen atoms in total. The Kier molecular flexibility index (Phi) is 2.97. The lowest BCUT2D eigenvalue weighted by Crippen LogP contribution is -2.34. The van der Waals surface area contributed by atoms with Crippen molar-refractivity contribution in [3.63, 3.8) is 0 Å². The van der Waals surface area contributed by atoms with Crippen LogP contribution in [-0.2, 0) is 9.53 Å². The lowest BCUT2D eigenvalue weighted by Gasteiger charge is -2.25. The van der Waals surface area contributed by atoms with Crippen molar-refractivity contribution in [1.82, 2.24) is 9.96 Å². The summed E-state index contributed by atoms with van der Waals surface area (Å²) in [6, 6.07) is 8.79. The number of benzene rings is 1. The monoisotopic (exact) mass is 236 g/mol. The van der Waals surface area contributed by atoms with E-state index in [4.69, 9.17) is 0 Å². The van der Waals surface area contributed by atoms with E-state index in [-0.39, 0.29) is 6.54 Å². The summed E-state index contributed by atoms with van der Waals surface area (Å²) in [5.41, 5.74) is 0.645. The molecule has 1 saturated heterocycles. The molecule has 1 fully saturated rings. The molecule has 2 rings (SSSR count). The summed E-state index contributed by atoms with van der Waals surface area (Å²) in [6.45, 7) is -0.192. The molecular formula is C11H12N2O4. The van der Waals surface area contributed by atoms with Gasteiger partial charge in [-0.2, -0.15) is 5.06 Å². The zero-order valence-corrected chi connectivity index (χ0v) is 9.24. The van der Waals surface area contributed by atoms with Crippen LogP contribution in [0.3, 0.4) is 0 Å². The summed E-state index contributed by atoms with van der Waals surface area (Å²) < 4.78 is 4.58. The van der Waals surface area contributed by atoms with Crippen molar-refractivity contribution in [2.75, 3.05) is 13.7 Å². The lowest BCUT2D eigenvalue weighted by molar-refractivity contribution is -0.169. The van der Waals surface area contributed by atoms with Crippen LogP contribution in [0.15, 0.2) is 30.3 Å². The van der Waals surface area contributed by atoms with Crippen LogP contribution >= 0.6 is 0 Å². The molecule has 1 N–H and O–H groups in total. The van der Waals surface area contributed by atoms with Gasteiger partial charge in [-0.15, -0.1) is 0 Å². The first kappa shape index (κ1) is 11.4. The summed E-state index contributed by atoms with van der Waals surface area (Å²) in [4.78, 5) is 24.1. The predicted octanol–water partition coefficient (Wildman–Crippen LogP) is 0.985. The fourth-order valence-electron chi connectivity index (χ4n) is 1.80. The minimum absolute atomic E-state index is 0.192. The number of methoxy groups -OCH3 is 1. The van der Waals surface area contributed by atoms with Crippen LogP contribution in [0, 0.1) is 0 Å². The molecular weight excluding hydrogens is 224 g/mol. The summed E-state index contributed by atoms with van der Waals surface area (Å²) in [6.07, 6.45) is -1.47. The van der Waals surface area contributed by atoms with Crippen LogP contribution in [0.4, 0.5) is 4.79 Å². The third-order valence-electron chi connectivity index (χ3n) is 2.59. The molecule has 0 spiro atoms. The third kappa shape index (κ3) is 1.94. The summed E-state index contributed by atoms with van der Waals surface area (Å²) in [7, 11) is 1.23. The van der Waals surface area contributed by atoms with Gasteiger partial charge in [-0.25, -0.2) is 4.79 Å². The first-order valence-corrected chi connectivity index (χ1v) is 5.05. The van der Waals surface area contributed by atoms with Gasteiger partial charge in [0.1, 0.15) is 6.54 Å². The fraction of sp³-hybridized carbons (Fsp3) is 0.273. The summed E-state index contributed by atoms with van der Waals surface area (Å²) in [5.74, 6) is -0.538. The zero-order valence-electron chi connectivity index (χ0n) is 9.24. The number of hydroxylamine groups is 2. The molecule has 0 saturated carbocycles. The normalized spacial score (nSPS) is 19.6. The minimum Gasteiger partial charge on any atom is -0.453 e. The van der Waals surface area contributed by atoms with E-state index in [1.807, 2.05) is 6.07 Å².